The highest BCUT2D eigenvalue weighted by molar-refractivity contribution is 5.67. The van der Waals surface area contributed by atoms with Crippen LogP contribution >= 0.6 is 0 Å². The lowest BCUT2D eigenvalue weighted by atomic mass is 10.1. The van der Waals surface area contributed by atoms with E-state index in [1.807, 2.05) is 39.0 Å². The van der Waals surface area contributed by atoms with Crippen molar-refractivity contribution < 1.29 is 9.13 Å². The van der Waals surface area contributed by atoms with E-state index in [0.717, 1.165) is 11.3 Å². The van der Waals surface area contributed by atoms with Gasteiger partial charge in [0.05, 0.1) is 12.8 Å². The summed E-state index contributed by atoms with van der Waals surface area (Å²) >= 11 is 0. The van der Waals surface area contributed by atoms with Gasteiger partial charge < -0.3 is 15.4 Å². The highest BCUT2D eigenvalue weighted by atomic mass is 19.1. The van der Waals surface area contributed by atoms with Crippen molar-refractivity contribution in [2.45, 2.75) is 26.3 Å². The lowest BCUT2D eigenvalue weighted by Gasteiger charge is -2.21. The van der Waals surface area contributed by atoms with E-state index in [4.69, 9.17) is 4.74 Å². The topological polar surface area (TPSA) is 72.0 Å². The molecule has 0 bridgehead atoms. The van der Waals surface area contributed by atoms with Crippen LogP contribution in [-0.4, -0.2) is 27.6 Å². The molecule has 0 radical (unpaired) electrons. The summed E-state index contributed by atoms with van der Waals surface area (Å²) in [6.07, 6.45) is 3.42. The number of nitrogens with zero attached hydrogens (tertiary/aromatic N) is 3. The van der Waals surface area contributed by atoms with Gasteiger partial charge in [-0.1, -0.05) is 0 Å². The molecule has 3 rings (SSSR count). The second-order valence-electron chi connectivity index (χ2n) is 7.05. The predicted octanol–water partition coefficient (Wildman–Crippen LogP) is 4.64. The maximum Gasteiger partial charge on any atom is 0.225 e. The second-order valence-corrected chi connectivity index (χ2v) is 7.05. The third-order valence-corrected chi connectivity index (χ3v) is 3.61. The molecular formula is C20H22FN5O. The Balaban J connectivity index is 1.98. The molecule has 2 aromatic heterocycles. The fourth-order valence-electron chi connectivity index (χ4n) is 2.47. The first kappa shape index (κ1) is 18.6. The van der Waals surface area contributed by atoms with Gasteiger partial charge in [0.1, 0.15) is 5.82 Å². The first-order valence-electron chi connectivity index (χ1n) is 8.52. The van der Waals surface area contributed by atoms with Crippen molar-refractivity contribution in [2.24, 2.45) is 0 Å². The van der Waals surface area contributed by atoms with Gasteiger partial charge in [0, 0.05) is 41.3 Å². The van der Waals surface area contributed by atoms with E-state index in [-0.39, 0.29) is 11.3 Å². The van der Waals surface area contributed by atoms with Crippen LogP contribution in [0.25, 0.3) is 11.3 Å². The maximum atomic E-state index is 14.0. The van der Waals surface area contributed by atoms with Crippen LogP contribution in [0.4, 0.5) is 21.8 Å². The van der Waals surface area contributed by atoms with Crippen molar-refractivity contribution in [3.05, 3.63) is 54.6 Å². The molecule has 2 N–H and O–H groups in total. The SMILES string of the molecule is COc1ccc(Nc2cc(-c3ccncc3)nc(NC(C)(C)C)n2)cc1F. The van der Waals surface area contributed by atoms with Crippen LogP contribution in [0.2, 0.25) is 0 Å². The van der Waals surface area contributed by atoms with Gasteiger partial charge in [-0.3, -0.25) is 4.98 Å². The number of ether oxygens (including phenoxy) is 1. The minimum absolute atomic E-state index is 0.191. The van der Waals surface area contributed by atoms with E-state index >= 15 is 0 Å². The van der Waals surface area contributed by atoms with Crippen LogP contribution in [0.3, 0.4) is 0 Å². The summed E-state index contributed by atoms with van der Waals surface area (Å²) in [5.41, 5.74) is 2.00. The Bertz CT molecular complexity index is 925. The van der Waals surface area contributed by atoms with Gasteiger partial charge in [0.2, 0.25) is 5.95 Å². The number of benzene rings is 1. The Labute approximate surface area is 157 Å². The summed E-state index contributed by atoms with van der Waals surface area (Å²) in [6, 6.07) is 10.2. The van der Waals surface area contributed by atoms with Gasteiger partial charge >= 0.3 is 0 Å². The molecule has 0 fully saturated rings. The summed E-state index contributed by atoms with van der Waals surface area (Å²) in [7, 11) is 1.43. The highest BCUT2D eigenvalue weighted by Crippen LogP contribution is 2.26. The number of aromatic nitrogens is 3. The van der Waals surface area contributed by atoms with Gasteiger partial charge in [0.25, 0.3) is 0 Å². The molecule has 27 heavy (non-hydrogen) atoms. The number of pyridine rings is 1. The van der Waals surface area contributed by atoms with Crippen molar-refractivity contribution in [1.82, 2.24) is 15.0 Å². The molecule has 0 spiro atoms. The number of hydrogen-bond donors (Lipinski definition) is 2. The maximum absolute atomic E-state index is 14.0. The molecule has 0 aliphatic carbocycles. The molecule has 2 heterocycles. The first-order chi connectivity index (χ1) is 12.8. The van der Waals surface area contributed by atoms with E-state index in [0.29, 0.717) is 17.5 Å². The lowest BCUT2D eigenvalue weighted by molar-refractivity contribution is 0.386. The van der Waals surface area contributed by atoms with Crippen LogP contribution in [-0.2, 0) is 0 Å². The van der Waals surface area contributed by atoms with Gasteiger partial charge in [-0.25, -0.2) is 9.37 Å². The molecule has 6 nitrogen and oxygen atoms in total. The summed E-state index contributed by atoms with van der Waals surface area (Å²) < 4.78 is 18.9. The van der Waals surface area contributed by atoms with Crippen LogP contribution < -0.4 is 15.4 Å². The van der Waals surface area contributed by atoms with Crippen molar-refractivity contribution >= 4 is 17.5 Å². The summed E-state index contributed by atoms with van der Waals surface area (Å²) in [5.74, 6) is 0.774. The Morgan fingerprint density at radius 2 is 1.74 bits per heavy atom. The zero-order chi connectivity index (χ0) is 19.4. The minimum atomic E-state index is -0.445. The van der Waals surface area contributed by atoms with Crippen LogP contribution in [0, 0.1) is 5.82 Å². The molecule has 0 atom stereocenters. The molecule has 0 saturated carbocycles. The normalized spacial score (nSPS) is 11.1. The van der Waals surface area contributed by atoms with Crippen molar-refractivity contribution in [3.63, 3.8) is 0 Å². The van der Waals surface area contributed by atoms with Gasteiger partial charge in [0.15, 0.2) is 11.6 Å². The predicted molar refractivity (Wildman–Crippen MR) is 105 cm³/mol. The van der Waals surface area contributed by atoms with E-state index < -0.39 is 5.82 Å². The zero-order valence-electron chi connectivity index (χ0n) is 15.7. The Hall–Kier alpha value is -3.22. The van der Waals surface area contributed by atoms with Crippen molar-refractivity contribution in [3.8, 4) is 17.0 Å². The molecule has 3 aromatic rings. The number of methoxy groups -OCH3 is 1. The first-order valence-corrected chi connectivity index (χ1v) is 8.52. The van der Waals surface area contributed by atoms with Gasteiger partial charge in [-0.05, 0) is 45.0 Å². The van der Waals surface area contributed by atoms with E-state index in [2.05, 4.69) is 25.6 Å². The van der Waals surface area contributed by atoms with Crippen LogP contribution in [0.1, 0.15) is 20.8 Å². The minimum Gasteiger partial charge on any atom is -0.494 e. The Morgan fingerprint density at radius 1 is 1.00 bits per heavy atom. The fourth-order valence-corrected chi connectivity index (χ4v) is 2.47. The third-order valence-electron chi connectivity index (χ3n) is 3.61. The Morgan fingerprint density at radius 3 is 2.37 bits per heavy atom. The Kier molecular flexibility index (Phi) is 5.21. The van der Waals surface area contributed by atoms with Crippen LogP contribution in [0.15, 0.2) is 48.8 Å². The van der Waals surface area contributed by atoms with E-state index in [1.165, 1.54) is 13.2 Å². The molecule has 0 aliphatic rings. The van der Waals surface area contributed by atoms with Crippen LogP contribution in [0.5, 0.6) is 5.75 Å². The van der Waals surface area contributed by atoms with E-state index in [1.54, 1.807) is 24.5 Å². The number of rotatable bonds is 5. The van der Waals surface area contributed by atoms with Crippen molar-refractivity contribution in [2.75, 3.05) is 17.7 Å². The molecule has 1 aromatic carbocycles. The second kappa shape index (κ2) is 7.57. The monoisotopic (exact) mass is 367 g/mol. The van der Waals surface area contributed by atoms with Crippen molar-refractivity contribution in [1.29, 1.82) is 0 Å². The highest BCUT2D eigenvalue weighted by Gasteiger charge is 2.14. The average molecular weight is 367 g/mol. The summed E-state index contributed by atoms with van der Waals surface area (Å²) in [4.78, 5) is 13.1. The summed E-state index contributed by atoms with van der Waals surface area (Å²) in [6.45, 7) is 6.09. The fraction of sp³-hybridized carbons (Fsp3) is 0.250. The number of hydrogen-bond acceptors (Lipinski definition) is 6. The molecule has 0 saturated heterocycles. The third kappa shape index (κ3) is 4.91. The average Bonchev–Trinajstić information content (AvgIpc) is 2.61. The van der Waals surface area contributed by atoms with E-state index in [9.17, 15) is 4.39 Å². The molecule has 0 unspecified atom stereocenters. The lowest BCUT2D eigenvalue weighted by Crippen LogP contribution is -2.27. The number of halogens is 1. The molecule has 0 amide bonds. The van der Waals surface area contributed by atoms with Gasteiger partial charge in [-0.15, -0.1) is 0 Å². The zero-order valence-corrected chi connectivity index (χ0v) is 15.7. The molecule has 7 heteroatoms. The van der Waals surface area contributed by atoms with Gasteiger partial charge in [-0.2, -0.15) is 4.98 Å². The largest absolute Gasteiger partial charge is 0.494 e. The number of anilines is 3. The molecular weight excluding hydrogens is 345 g/mol. The summed E-state index contributed by atoms with van der Waals surface area (Å²) in [5, 5.41) is 6.41. The quantitative estimate of drug-likeness (QED) is 0.684. The standard InChI is InChI=1S/C20H22FN5O/c1-20(2,3)26-19-24-16(13-7-9-22-10-8-13)12-18(25-19)23-14-5-6-17(27-4)15(21)11-14/h5-12H,1-4H3,(H2,23,24,25,26). The molecule has 140 valence electrons. The molecule has 0 aliphatic heterocycles. The smallest absolute Gasteiger partial charge is 0.225 e. The number of nitrogens with one attached hydrogen (secondary N) is 2.